The number of benzene rings is 1. The highest BCUT2D eigenvalue weighted by Gasteiger charge is 2.11. The van der Waals surface area contributed by atoms with Gasteiger partial charge in [-0.3, -0.25) is 4.79 Å². The molecule has 0 fully saturated rings. The lowest BCUT2D eigenvalue weighted by atomic mass is 10.1. The molecule has 0 aliphatic carbocycles. The first-order valence-electron chi connectivity index (χ1n) is 6.96. The number of thiol groups is 1. The van der Waals surface area contributed by atoms with E-state index in [-0.39, 0.29) is 5.91 Å². The van der Waals surface area contributed by atoms with Gasteiger partial charge in [0, 0.05) is 42.2 Å². The number of fused-ring (bicyclic) bond motifs is 1. The first-order valence-corrected chi connectivity index (χ1v) is 7.59. The molecule has 0 unspecified atom stereocenters. The largest absolute Gasteiger partial charge is 0.350 e. The van der Waals surface area contributed by atoms with E-state index < -0.39 is 0 Å². The summed E-state index contributed by atoms with van der Waals surface area (Å²) in [5, 5.41) is 3.88. The summed E-state index contributed by atoms with van der Waals surface area (Å²) in [5.74, 6) is 0.912. The van der Waals surface area contributed by atoms with E-state index in [1.54, 1.807) is 6.07 Å². The second-order valence-corrected chi connectivity index (χ2v) is 5.43. The molecular weight excluding hydrogens is 296 g/mol. The fourth-order valence-corrected chi connectivity index (χ4v) is 2.63. The number of amides is 1. The molecule has 112 valence electrons. The van der Waals surface area contributed by atoms with Crippen molar-refractivity contribution in [3.8, 4) is 11.3 Å². The van der Waals surface area contributed by atoms with Crippen LogP contribution in [0.15, 0.2) is 42.9 Å². The summed E-state index contributed by atoms with van der Waals surface area (Å²) in [7, 11) is 2.00. The summed E-state index contributed by atoms with van der Waals surface area (Å²) in [5.41, 5.74) is 2.94. The molecule has 0 spiro atoms. The van der Waals surface area contributed by atoms with Gasteiger partial charge in [-0.05, 0) is 11.8 Å². The third kappa shape index (κ3) is 2.82. The monoisotopic (exact) mass is 312 g/mol. The van der Waals surface area contributed by atoms with Crippen molar-refractivity contribution in [2.45, 2.75) is 6.42 Å². The molecule has 5 nitrogen and oxygen atoms in total. The molecule has 0 saturated heterocycles. The minimum absolute atomic E-state index is 0.0995. The van der Waals surface area contributed by atoms with Gasteiger partial charge in [0.1, 0.15) is 12.1 Å². The molecule has 2 aromatic heterocycles. The Bertz CT molecular complexity index is 828. The van der Waals surface area contributed by atoms with Crippen LogP contribution < -0.4 is 5.32 Å². The summed E-state index contributed by atoms with van der Waals surface area (Å²) in [4.78, 5) is 20.1. The van der Waals surface area contributed by atoms with Crippen LogP contribution in [0.4, 0.5) is 5.82 Å². The molecule has 0 aliphatic heterocycles. The normalized spacial score (nSPS) is 10.8. The van der Waals surface area contributed by atoms with Crippen molar-refractivity contribution >= 4 is 35.3 Å². The number of aromatic nitrogens is 3. The highest BCUT2D eigenvalue weighted by Crippen LogP contribution is 2.29. The Morgan fingerprint density at radius 2 is 2.14 bits per heavy atom. The van der Waals surface area contributed by atoms with Crippen molar-refractivity contribution in [2.75, 3.05) is 11.1 Å². The lowest BCUT2D eigenvalue weighted by Gasteiger charge is -2.04. The Hall–Kier alpha value is -2.34. The Labute approximate surface area is 133 Å². The molecular formula is C16H16N4OS. The second kappa shape index (κ2) is 6.19. The molecule has 3 aromatic rings. The van der Waals surface area contributed by atoms with Gasteiger partial charge in [0.15, 0.2) is 0 Å². The highest BCUT2D eigenvalue weighted by molar-refractivity contribution is 7.80. The van der Waals surface area contributed by atoms with Gasteiger partial charge >= 0.3 is 0 Å². The van der Waals surface area contributed by atoms with Crippen LogP contribution in [-0.2, 0) is 11.8 Å². The zero-order valence-corrected chi connectivity index (χ0v) is 13.0. The summed E-state index contributed by atoms with van der Waals surface area (Å²) < 4.78 is 2.06. The maximum absolute atomic E-state index is 11.7. The van der Waals surface area contributed by atoms with Gasteiger partial charge in [0.25, 0.3) is 0 Å². The number of nitrogens with one attached hydrogen (secondary N) is 1. The van der Waals surface area contributed by atoms with Crippen LogP contribution in [-0.4, -0.2) is 26.2 Å². The number of rotatable bonds is 4. The van der Waals surface area contributed by atoms with E-state index in [1.165, 1.54) is 6.33 Å². The number of nitrogens with zero attached hydrogens (tertiary/aromatic N) is 3. The predicted molar refractivity (Wildman–Crippen MR) is 91.0 cm³/mol. The number of aryl methyl sites for hydroxylation is 1. The van der Waals surface area contributed by atoms with Crippen LogP contribution in [0.5, 0.6) is 0 Å². The van der Waals surface area contributed by atoms with E-state index in [4.69, 9.17) is 0 Å². The van der Waals surface area contributed by atoms with Gasteiger partial charge in [-0.1, -0.05) is 18.2 Å². The minimum atomic E-state index is -0.0995. The lowest BCUT2D eigenvalue weighted by Crippen LogP contribution is -2.12. The Balaban J connectivity index is 1.99. The zero-order valence-electron chi connectivity index (χ0n) is 12.2. The molecule has 1 amide bonds. The topological polar surface area (TPSA) is 59.8 Å². The van der Waals surface area contributed by atoms with Gasteiger partial charge in [0.05, 0.1) is 5.69 Å². The summed E-state index contributed by atoms with van der Waals surface area (Å²) in [6, 6.07) is 9.93. The third-order valence-corrected chi connectivity index (χ3v) is 3.67. The molecule has 2 heterocycles. The molecule has 1 N–H and O–H groups in total. The van der Waals surface area contributed by atoms with E-state index in [2.05, 4.69) is 44.6 Å². The maximum Gasteiger partial charge on any atom is 0.226 e. The van der Waals surface area contributed by atoms with Crippen molar-refractivity contribution < 1.29 is 4.79 Å². The third-order valence-electron chi connectivity index (χ3n) is 3.45. The molecule has 0 saturated carbocycles. The van der Waals surface area contributed by atoms with E-state index in [0.29, 0.717) is 18.0 Å². The van der Waals surface area contributed by atoms with Gasteiger partial charge < -0.3 is 9.88 Å². The molecule has 0 bridgehead atoms. The fraction of sp³-hybridized carbons (Fsp3) is 0.188. The number of carbonyl (C=O) groups is 1. The Morgan fingerprint density at radius 1 is 1.32 bits per heavy atom. The molecule has 0 radical (unpaired) electrons. The van der Waals surface area contributed by atoms with Crippen LogP contribution >= 0.6 is 12.6 Å². The molecule has 0 atom stereocenters. The predicted octanol–water partition coefficient (Wildman–Crippen LogP) is 2.89. The molecule has 0 aliphatic rings. The van der Waals surface area contributed by atoms with E-state index in [9.17, 15) is 4.79 Å². The quantitative estimate of drug-likeness (QED) is 0.728. The van der Waals surface area contributed by atoms with E-state index >= 15 is 0 Å². The molecule has 1 aromatic carbocycles. The summed E-state index contributed by atoms with van der Waals surface area (Å²) in [6.45, 7) is 0. The average molecular weight is 312 g/mol. The molecule has 22 heavy (non-hydrogen) atoms. The number of hydrogen-bond donors (Lipinski definition) is 2. The van der Waals surface area contributed by atoms with E-state index in [1.807, 2.05) is 25.4 Å². The highest BCUT2D eigenvalue weighted by atomic mass is 32.1. The number of anilines is 1. The average Bonchev–Trinajstić information content (AvgIpc) is 2.85. The Kier molecular flexibility index (Phi) is 4.11. The zero-order chi connectivity index (χ0) is 15.5. The van der Waals surface area contributed by atoms with Crippen molar-refractivity contribution in [2.24, 2.45) is 7.05 Å². The van der Waals surface area contributed by atoms with Gasteiger partial charge in [0.2, 0.25) is 5.91 Å². The number of hydrogen-bond acceptors (Lipinski definition) is 4. The SMILES string of the molecule is Cn1cc(-c2cc(NC(=O)CCS)ncn2)c2ccccc21. The van der Waals surface area contributed by atoms with Crippen LogP contribution in [0.1, 0.15) is 6.42 Å². The number of para-hydroxylation sites is 1. The Morgan fingerprint density at radius 3 is 2.95 bits per heavy atom. The minimum Gasteiger partial charge on any atom is -0.350 e. The molecule has 6 heteroatoms. The lowest BCUT2D eigenvalue weighted by molar-refractivity contribution is -0.115. The first-order chi connectivity index (χ1) is 10.7. The van der Waals surface area contributed by atoms with Crippen LogP contribution in [0.2, 0.25) is 0 Å². The van der Waals surface area contributed by atoms with Crippen molar-refractivity contribution in [3.05, 3.63) is 42.9 Å². The van der Waals surface area contributed by atoms with Crippen molar-refractivity contribution in [1.29, 1.82) is 0 Å². The number of carbonyl (C=O) groups excluding carboxylic acids is 1. The van der Waals surface area contributed by atoms with E-state index in [0.717, 1.165) is 22.2 Å². The maximum atomic E-state index is 11.7. The van der Waals surface area contributed by atoms with Crippen LogP contribution in [0.25, 0.3) is 22.2 Å². The first kappa shape index (κ1) is 14.6. The fourth-order valence-electron chi connectivity index (χ4n) is 2.43. The van der Waals surface area contributed by atoms with Crippen molar-refractivity contribution in [3.63, 3.8) is 0 Å². The van der Waals surface area contributed by atoms with Crippen molar-refractivity contribution in [1.82, 2.24) is 14.5 Å². The molecule has 3 rings (SSSR count). The van der Waals surface area contributed by atoms with Gasteiger partial charge in [-0.15, -0.1) is 0 Å². The van der Waals surface area contributed by atoms with Crippen LogP contribution in [0.3, 0.4) is 0 Å². The summed E-state index contributed by atoms with van der Waals surface area (Å²) >= 11 is 4.05. The smallest absolute Gasteiger partial charge is 0.226 e. The van der Waals surface area contributed by atoms with Gasteiger partial charge in [-0.2, -0.15) is 12.6 Å². The standard InChI is InChI=1S/C16H16N4OS/c1-20-9-12(11-4-2-3-5-14(11)20)13-8-15(18-10-17-13)19-16(21)6-7-22/h2-5,8-10,22H,6-7H2,1H3,(H,17,18,19,21). The van der Waals surface area contributed by atoms with Crippen LogP contribution in [0, 0.1) is 0 Å². The summed E-state index contributed by atoms with van der Waals surface area (Å²) in [6.07, 6.45) is 3.86. The van der Waals surface area contributed by atoms with Gasteiger partial charge in [-0.25, -0.2) is 9.97 Å². The second-order valence-electron chi connectivity index (χ2n) is 4.98.